The van der Waals surface area contributed by atoms with Crippen molar-refractivity contribution < 1.29 is 47.5 Å². The van der Waals surface area contributed by atoms with Crippen molar-refractivity contribution in [3.05, 3.63) is 36.5 Å². The van der Waals surface area contributed by atoms with Gasteiger partial charge in [0, 0.05) is 12.8 Å². The minimum absolute atomic E-state index is 0.156. The number of carboxylic acids is 1. The number of rotatable bonds is 44. The Balaban J connectivity index is 4.32. The first-order chi connectivity index (χ1) is 28.6. The molecule has 0 aliphatic carbocycles. The molecule has 0 aliphatic heterocycles. The number of carbonyl (C=O) groups excluding carboxylic acids is 2. The van der Waals surface area contributed by atoms with Crippen LogP contribution in [0.4, 0.5) is 0 Å². The highest BCUT2D eigenvalue weighted by Gasteiger charge is 2.28. The summed E-state index contributed by atoms with van der Waals surface area (Å²) in [5.74, 6) is -2.42. The average Bonchev–Trinajstić information content (AvgIpc) is 3.21. The van der Waals surface area contributed by atoms with Gasteiger partial charge in [0.05, 0.1) is 13.2 Å². The van der Waals surface area contributed by atoms with Crippen molar-refractivity contribution in [3.8, 4) is 0 Å². The number of allylic oxidation sites excluding steroid dienone is 6. The molecule has 3 atom stereocenters. The molecule has 0 radical (unpaired) electrons. The first kappa shape index (κ1) is 56.7. The van der Waals surface area contributed by atoms with Crippen LogP contribution < -0.4 is 5.73 Å². The van der Waals surface area contributed by atoms with Crippen LogP contribution in [0.2, 0.25) is 0 Å². The zero-order valence-corrected chi connectivity index (χ0v) is 38.2. The van der Waals surface area contributed by atoms with E-state index in [1.807, 2.05) is 0 Å². The van der Waals surface area contributed by atoms with Crippen LogP contribution in [-0.2, 0) is 37.5 Å². The number of unbranched alkanes of at least 4 members (excludes halogenated alkanes) is 24. The molecule has 0 saturated carbocycles. The van der Waals surface area contributed by atoms with Gasteiger partial charge in [0.1, 0.15) is 12.6 Å². The van der Waals surface area contributed by atoms with Crippen LogP contribution in [0.25, 0.3) is 0 Å². The molecule has 0 rings (SSSR count). The Morgan fingerprint density at radius 2 is 0.898 bits per heavy atom. The Morgan fingerprint density at radius 1 is 0.525 bits per heavy atom. The molecule has 1 unspecified atom stereocenters. The molecule has 11 nitrogen and oxygen atoms in total. The summed E-state index contributed by atoms with van der Waals surface area (Å²) in [6.45, 7) is 2.76. The summed E-state index contributed by atoms with van der Waals surface area (Å²) < 4.78 is 32.7. The summed E-state index contributed by atoms with van der Waals surface area (Å²) in [7, 11) is -4.72. The molecule has 0 aliphatic rings. The van der Waals surface area contributed by atoms with E-state index in [1.165, 1.54) is 122 Å². The zero-order chi connectivity index (χ0) is 43.5. The van der Waals surface area contributed by atoms with Crippen LogP contribution in [0.3, 0.4) is 0 Å². The van der Waals surface area contributed by atoms with Gasteiger partial charge in [-0.05, 0) is 51.4 Å². The minimum Gasteiger partial charge on any atom is -0.480 e. The standard InChI is InChI=1S/C47H86NO10P/c1-3-5-7-9-11-13-15-17-19-20-21-22-23-25-27-29-31-33-35-37-39-46(50)58-43(41-56-59(53,54)57-42-44(48)47(51)52)40-55-45(49)38-36-34-32-30-28-26-24-18-16-14-12-10-8-6-4-2/h12,14,18,24,28,30,43-44H,3-11,13,15-17,19-23,25-27,29,31-42,48H2,1-2H3,(H,51,52)(H,53,54)/b14-12+,24-18+,30-28+/t43-,44+/m1/s1. The van der Waals surface area contributed by atoms with Crippen LogP contribution in [0.15, 0.2) is 36.5 Å². The fraction of sp³-hybridized carbons (Fsp3) is 0.809. The van der Waals surface area contributed by atoms with Gasteiger partial charge in [-0.2, -0.15) is 0 Å². The van der Waals surface area contributed by atoms with Crippen molar-refractivity contribution in [3.63, 3.8) is 0 Å². The number of hydrogen-bond acceptors (Lipinski definition) is 9. The maximum absolute atomic E-state index is 12.7. The third-order valence-electron chi connectivity index (χ3n) is 10.1. The monoisotopic (exact) mass is 856 g/mol. The summed E-state index contributed by atoms with van der Waals surface area (Å²) in [4.78, 5) is 46.0. The van der Waals surface area contributed by atoms with Gasteiger partial charge in [0.25, 0.3) is 0 Å². The van der Waals surface area contributed by atoms with E-state index in [0.717, 1.165) is 51.4 Å². The number of phosphoric ester groups is 1. The molecule has 0 spiro atoms. The van der Waals surface area contributed by atoms with Gasteiger partial charge < -0.3 is 25.2 Å². The molecule has 0 aromatic carbocycles. The first-order valence-corrected chi connectivity index (χ1v) is 25.0. The SMILES string of the molecule is CCCCC/C=C/C/C=C/C/C=C/CCCCC(=O)OC[C@H](COP(=O)(O)OC[C@H](N)C(=O)O)OC(=O)CCCCCCCCCCCCCCCCCCCCCC. The number of carboxylic acid groups (broad SMARTS) is 1. The van der Waals surface area contributed by atoms with E-state index in [-0.39, 0.29) is 19.4 Å². The molecule has 0 saturated heterocycles. The predicted octanol–water partition coefficient (Wildman–Crippen LogP) is 12.8. The Bertz CT molecular complexity index is 1140. The lowest BCUT2D eigenvalue weighted by atomic mass is 10.0. The minimum atomic E-state index is -4.72. The zero-order valence-electron chi connectivity index (χ0n) is 37.3. The number of hydrogen-bond donors (Lipinski definition) is 3. The molecule has 0 amide bonds. The molecule has 0 aromatic heterocycles. The number of carbonyl (C=O) groups is 3. The van der Waals surface area contributed by atoms with Crippen LogP contribution in [0.5, 0.6) is 0 Å². The van der Waals surface area contributed by atoms with Gasteiger partial charge in [-0.25, -0.2) is 4.57 Å². The van der Waals surface area contributed by atoms with Crippen molar-refractivity contribution in [2.45, 2.75) is 225 Å². The van der Waals surface area contributed by atoms with Gasteiger partial charge in [0.15, 0.2) is 6.10 Å². The summed E-state index contributed by atoms with van der Waals surface area (Å²) in [6, 6.07) is -1.53. The van der Waals surface area contributed by atoms with Crippen LogP contribution in [0.1, 0.15) is 213 Å². The number of aliphatic carboxylic acids is 1. The van der Waals surface area contributed by atoms with E-state index in [0.29, 0.717) is 12.8 Å². The summed E-state index contributed by atoms with van der Waals surface area (Å²) >= 11 is 0. The van der Waals surface area contributed by atoms with Crippen LogP contribution in [-0.4, -0.2) is 59.9 Å². The van der Waals surface area contributed by atoms with E-state index in [2.05, 4.69) is 54.8 Å². The Kier molecular flexibility index (Phi) is 40.7. The van der Waals surface area contributed by atoms with Gasteiger partial charge >= 0.3 is 25.7 Å². The van der Waals surface area contributed by atoms with Crippen molar-refractivity contribution in [2.24, 2.45) is 5.73 Å². The smallest absolute Gasteiger partial charge is 0.472 e. The predicted molar refractivity (Wildman–Crippen MR) is 240 cm³/mol. The Hall–Kier alpha value is -2.30. The van der Waals surface area contributed by atoms with Crippen molar-refractivity contribution >= 4 is 25.7 Å². The van der Waals surface area contributed by atoms with E-state index in [1.54, 1.807) is 0 Å². The maximum atomic E-state index is 12.7. The molecule has 4 N–H and O–H groups in total. The van der Waals surface area contributed by atoms with E-state index in [9.17, 15) is 23.8 Å². The van der Waals surface area contributed by atoms with Crippen molar-refractivity contribution in [2.75, 3.05) is 19.8 Å². The van der Waals surface area contributed by atoms with E-state index < -0.39 is 51.1 Å². The second-order valence-electron chi connectivity index (χ2n) is 15.9. The maximum Gasteiger partial charge on any atom is 0.472 e. The van der Waals surface area contributed by atoms with E-state index in [4.69, 9.17) is 24.8 Å². The van der Waals surface area contributed by atoms with Crippen molar-refractivity contribution in [1.82, 2.24) is 0 Å². The molecule has 12 heteroatoms. The van der Waals surface area contributed by atoms with Crippen molar-refractivity contribution in [1.29, 1.82) is 0 Å². The van der Waals surface area contributed by atoms with Crippen LogP contribution in [0, 0.1) is 0 Å². The highest BCUT2D eigenvalue weighted by atomic mass is 31.2. The fourth-order valence-electron chi connectivity index (χ4n) is 6.43. The molecule has 59 heavy (non-hydrogen) atoms. The third-order valence-corrected chi connectivity index (χ3v) is 11.1. The second-order valence-corrected chi connectivity index (χ2v) is 17.3. The Morgan fingerprint density at radius 3 is 1.37 bits per heavy atom. The fourth-order valence-corrected chi connectivity index (χ4v) is 7.20. The van der Waals surface area contributed by atoms with Crippen LogP contribution >= 0.6 is 7.82 Å². The Labute approximate surface area is 359 Å². The average molecular weight is 856 g/mol. The quantitative estimate of drug-likeness (QED) is 0.0230. The van der Waals surface area contributed by atoms with Gasteiger partial charge in [-0.15, -0.1) is 0 Å². The summed E-state index contributed by atoms with van der Waals surface area (Å²) in [5, 5.41) is 8.90. The molecule has 344 valence electrons. The summed E-state index contributed by atoms with van der Waals surface area (Å²) in [5.41, 5.74) is 5.34. The molecule has 0 heterocycles. The number of phosphoric acid groups is 1. The second kappa shape index (κ2) is 42.4. The summed E-state index contributed by atoms with van der Waals surface area (Å²) in [6.07, 6.45) is 46.4. The largest absolute Gasteiger partial charge is 0.480 e. The highest BCUT2D eigenvalue weighted by Crippen LogP contribution is 2.43. The van der Waals surface area contributed by atoms with E-state index >= 15 is 0 Å². The van der Waals surface area contributed by atoms with Gasteiger partial charge in [-0.1, -0.05) is 185 Å². The lowest BCUT2D eigenvalue weighted by Crippen LogP contribution is -2.34. The molecular weight excluding hydrogens is 769 g/mol. The lowest BCUT2D eigenvalue weighted by molar-refractivity contribution is -0.161. The molecule has 0 aromatic rings. The highest BCUT2D eigenvalue weighted by molar-refractivity contribution is 7.47. The molecule has 0 bridgehead atoms. The molecular formula is C47H86NO10P. The third kappa shape index (κ3) is 42.2. The number of ether oxygens (including phenoxy) is 2. The topological polar surface area (TPSA) is 172 Å². The van der Waals surface area contributed by atoms with Gasteiger partial charge in [0.2, 0.25) is 0 Å². The molecule has 0 fully saturated rings. The first-order valence-electron chi connectivity index (χ1n) is 23.5. The lowest BCUT2D eigenvalue weighted by Gasteiger charge is -2.20. The normalized spacial score (nSPS) is 14.0. The van der Waals surface area contributed by atoms with Gasteiger partial charge in [-0.3, -0.25) is 23.4 Å². The number of esters is 2. The number of nitrogens with two attached hydrogens (primary N) is 1.